The monoisotopic (exact) mass is 266 g/mol. The second kappa shape index (κ2) is 5.70. The second-order valence-electron chi connectivity index (χ2n) is 4.98. The van der Waals surface area contributed by atoms with E-state index in [0.29, 0.717) is 11.6 Å². The summed E-state index contributed by atoms with van der Waals surface area (Å²) in [6.07, 6.45) is 3.65. The number of nitrogens with zero attached hydrogens (tertiary/aromatic N) is 2. The summed E-state index contributed by atoms with van der Waals surface area (Å²) in [6, 6.07) is 3.78. The largest absolute Gasteiger partial charge is 0.337 e. The molecule has 0 N–H and O–H groups in total. The van der Waals surface area contributed by atoms with Crippen LogP contribution in [0.25, 0.3) is 0 Å². The van der Waals surface area contributed by atoms with E-state index in [1.807, 2.05) is 30.9 Å². The zero-order chi connectivity index (χ0) is 13.1. The second-order valence-corrected chi connectivity index (χ2v) is 5.66. The number of carbonyl (C=O) groups excluding carboxylic acids is 1. The van der Waals surface area contributed by atoms with Gasteiger partial charge in [0.2, 0.25) is 0 Å². The van der Waals surface area contributed by atoms with Crippen LogP contribution >= 0.6 is 11.6 Å². The molecule has 1 aliphatic rings. The van der Waals surface area contributed by atoms with Gasteiger partial charge in [-0.3, -0.25) is 9.78 Å². The van der Waals surface area contributed by atoms with Crippen molar-refractivity contribution in [2.24, 2.45) is 5.92 Å². The molecule has 4 heteroatoms. The quantitative estimate of drug-likeness (QED) is 0.771. The zero-order valence-electron chi connectivity index (χ0n) is 10.9. The Morgan fingerprint density at radius 3 is 2.72 bits per heavy atom. The third kappa shape index (κ3) is 2.83. The number of carbonyl (C=O) groups is 1. The summed E-state index contributed by atoms with van der Waals surface area (Å²) in [7, 11) is 0. The molecule has 1 aliphatic heterocycles. The van der Waals surface area contributed by atoms with Crippen molar-refractivity contribution in [2.75, 3.05) is 13.1 Å². The van der Waals surface area contributed by atoms with Crippen LogP contribution < -0.4 is 0 Å². The van der Waals surface area contributed by atoms with Gasteiger partial charge in [0, 0.05) is 24.7 Å². The van der Waals surface area contributed by atoms with Gasteiger partial charge in [0.05, 0.1) is 0 Å². The number of amides is 1. The number of hydrogen-bond acceptors (Lipinski definition) is 2. The number of halogens is 1. The molecule has 1 aromatic heterocycles. The molecule has 3 nitrogen and oxygen atoms in total. The maximum absolute atomic E-state index is 12.3. The highest BCUT2D eigenvalue weighted by atomic mass is 35.5. The maximum Gasteiger partial charge on any atom is 0.272 e. The third-order valence-corrected chi connectivity index (χ3v) is 4.04. The highest BCUT2D eigenvalue weighted by Gasteiger charge is 2.26. The fourth-order valence-corrected chi connectivity index (χ4v) is 2.67. The predicted molar refractivity (Wildman–Crippen MR) is 72.9 cm³/mol. The Morgan fingerprint density at radius 1 is 1.50 bits per heavy atom. The van der Waals surface area contributed by atoms with E-state index in [0.717, 1.165) is 31.5 Å². The lowest BCUT2D eigenvalue weighted by Crippen LogP contribution is -2.40. The predicted octanol–water partition coefficient (Wildman–Crippen LogP) is 2.87. The van der Waals surface area contributed by atoms with Crippen LogP contribution in [0.2, 0.25) is 0 Å². The van der Waals surface area contributed by atoms with Crippen LogP contribution in [-0.4, -0.2) is 34.3 Å². The van der Waals surface area contributed by atoms with Crippen LogP contribution in [0, 0.1) is 12.8 Å². The summed E-state index contributed by atoms with van der Waals surface area (Å²) in [4.78, 5) is 18.4. The maximum atomic E-state index is 12.3. The standard InChI is InChI=1S/C14H19ClN2O/c1-10-4-3-7-16-13(10)14(18)17-8-5-12(6-9-17)11(2)15/h3-4,7,11-12H,5-6,8-9H2,1-2H3. The fourth-order valence-electron chi connectivity index (χ4n) is 2.42. The topological polar surface area (TPSA) is 33.2 Å². The van der Waals surface area contributed by atoms with Gasteiger partial charge >= 0.3 is 0 Å². The van der Waals surface area contributed by atoms with E-state index in [9.17, 15) is 4.79 Å². The normalized spacial score (nSPS) is 18.7. The first-order chi connectivity index (χ1) is 8.59. The molecule has 1 atom stereocenters. The first-order valence-electron chi connectivity index (χ1n) is 6.44. The summed E-state index contributed by atoms with van der Waals surface area (Å²) in [5.41, 5.74) is 1.52. The molecule has 18 heavy (non-hydrogen) atoms. The van der Waals surface area contributed by atoms with Gasteiger partial charge in [0.1, 0.15) is 5.69 Å². The summed E-state index contributed by atoms with van der Waals surface area (Å²) < 4.78 is 0. The minimum atomic E-state index is 0.0498. The van der Waals surface area contributed by atoms with Crippen molar-refractivity contribution in [3.05, 3.63) is 29.6 Å². The highest BCUT2D eigenvalue weighted by Crippen LogP contribution is 2.24. The Balaban J connectivity index is 2.02. The molecule has 2 rings (SSSR count). The lowest BCUT2D eigenvalue weighted by atomic mass is 9.94. The lowest BCUT2D eigenvalue weighted by Gasteiger charge is -2.33. The van der Waals surface area contributed by atoms with Gasteiger partial charge in [-0.25, -0.2) is 0 Å². The van der Waals surface area contributed by atoms with E-state index < -0.39 is 0 Å². The van der Waals surface area contributed by atoms with E-state index in [-0.39, 0.29) is 11.3 Å². The van der Waals surface area contributed by atoms with Gasteiger partial charge in [-0.2, -0.15) is 0 Å². The molecular weight excluding hydrogens is 248 g/mol. The fraction of sp³-hybridized carbons (Fsp3) is 0.571. The molecule has 1 aromatic rings. The zero-order valence-corrected chi connectivity index (χ0v) is 11.7. The first-order valence-corrected chi connectivity index (χ1v) is 6.88. The molecule has 0 aliphatic carbocycles. The number of alkyl halides is 1. The summed E-state index contributed by atoms with van der Waals surface area (Å²) >= 11 is 6.11. The average Bonchev–Trinajstić information content (AvgIpc) is 2.38. The molecule has 98 valence electrons. The molecule has 1 fully saturated rings. The SMILES string of the molecule is Cc1cccnc1C(=O)N1CCC(C(C)Cl)CC1. The van der Waals surface area contributed by atoms with E-state index in [1.54, 1.807) is 6.20 Å². The molecule has 0 aromatic carbocycles. The van der Waals surface area contributed by atoms with Crippen LogP contribution in [0.4, 0.5) is 0 Å². The Bertz CT molecular complexity index is 426. The summed E-state index contributed by atoms with van der Waals surface area (Å²) in [6.45, 7) is 5.54. The van der Waals surface area contributed by atoms with E-state index in [4.69, 9.17) is 11.6 Å². The summed E-state index contributed by atoms with van der Waals surface area (Å²) in [5, 5.41) is 0.193. The van der Waals surface area contributed by atoms with Crippen molar-refractivity contribution < 1.29 is 4.79 Å². The Labute approximate surface area is 113 Å². The van der Waals surface area contributed by atoms with Crippen molar-refractivity contribution in [1.29, 1.82) is 0 Å². The molecule has 2 heterocycles. The van der Waals surface area contributed by atoms with Gasteiger partial charge in [0.15, 0.2) is 0 Å². The molecule has 1 amide bonds. The number of aromatic nitrogens is 1. The highest BCUT2D eigenvalue weighted by molar-refractivity contribution is 6.20. The minimum Gasteiger partial charge on any atom is -0.337 e. The van der Waals surface area contributed by atoms with E-state index in [1.165, 1.54) is 0 Å². The van der Waals surface area contributed by atoms with Crippen molar-refractivity contribution >= 4 is 17.5 Å². The smallest absolute Gasteiger partial charge is 0.272 e. The number of piperidine rings is 1. The third-order valence-electron chi connectivity index (χ3n) is 3.69. The van der Waals surface area contributed by atoms with E-state index in [2.05, 4.69) is 4.98 Å². The number of pyridine rings is 1. The first kappa shape index (κ1) is 13.3. The van der Waals surface area contributed by atoms with Crippen LogP contribution in [0.5, 0.6) is 0 Å². The molecule has 1 unspecified atom stereocenters. The van der Waals surface area contributed by atoms with Crippen molar-refractivity contribution in [3.8, 4) is 0 Å². The van der Waals surface area contributed by atoms with Crippen LogP contribution in [0.3, 0.4) is 0 Å². The van der Waals surface area contributed by atoms with Gasteiger partial charge in [-0.05, 0) is 44.2 Å². The van der Waals surface area contributed by atoms with Crippen molar-refractivity contribution in [3.63, 3.8) is 0 Å². The molecule has 1 saturated heterocycles. The molecular formula is C14H19ClN2O. The van der Waals surface area contributed by atoms with Gasteiger partial charge < -0.3 is 4.90 Å². The number of hydrogen-bond donors (Lipinski definition) is 0. The Hall–Kier alpha value is -1.09. The van der Waals surface area contributed by atoms with Crippen LogP contribution in [0.1, 0.15) is 35.8 Å². The molecule has 0 saturated carbocycles. The van der Waals surface area contributed by atoms with E-state index >= 15 is 0 Å². The van der Waals surface area contributed by atoms with Gasteiger partial charge in [-0.15, -0.1) is 11.6 Å². The van der Waals surface area contributed by atoms with Gasteiger partial charge in [0.25, 0.3) is 5.91 Å². The molecule has 0 bridgehead atoms. The minimum absolute atomic E-state index is 0.0498. The van der Waals surface area contributed by atoms with Crippen LogP contribution in [0.15, 0.2) is 18.3 Å². The molecule has 0 radical (unpaired) electrons. The van der Waals surface area contributed by atoms with Crippen LogP contribution in [-0.2, 0) is 0 Å². The van der Waals surface area contributed by atoms with Crippen molar-refractivity contribution in [1.82, 2.24) is 9.88 Å². The Morgan fingerprint density at radius 2 is 2.17 bits per heavy atom. The Kier molecular flexibility index (Phi) is 4.23. The number of aryl methyl sites for hydroxylation is 1. The lowest BCUT2D eigenvalue weighted by molar-refractivity contribution is 0.0683. The molecule has 0 spiro atoms. The number of likely N-dealkylation sites (tertiary alicyclic amines) is 1. The van der Waals surface area contributed by atoms with Gasteiger partial charge in [-0.1, -0.05) is 6.07 Å². The van der Waals surface area contributed by atoms with Crippen molar-refractivity contribution in [2.45, 2.75) is 32.1 Å². The average molecular weight is 267 g/mol. The number of rotatable bonds is 2. The summed E-state index contributed by atoms with van der Waals surface area (Å²) in [5.74, 6) is 0.578.